The van der Waals surface area contributed by atoms with Crippen LogP contribution in [-0.4, -0.2) is 4.98 Å². The van der Waals surface area contributed by atoms with Crippen LogP contribution in [-0.2, 0) is 7.05 Å². The highest BCUT2D eigenvalue weighted by atomic mass is 15.0. The standard InChI is InChI=1S/C22H19N2/c1-16-14-18(17-8-4-3-5-9-17)12-13-19(16)22-20-10-6-7-11-21(20)23-15-24(22)2/h3-15H,1-2H3/q+1. The normalized spacial score (nSPS) is 10.9. The van der Waals surface area contributed by atoms with Crippen LogP contribution in [0.25, 0.3) is 33.3 Å². The highest BCUT2D eigenvalue weighted by molar-refractivity contribution is 5.91. The SMILES string of the molecule is Cc1cc(-c2ccccc2)ccc1-c1c2ccccc2nc[n+]1C. The minimum atomic E-state index is 1.03. The number of hydrogen-bond donors (Lipinski definition) is 0. The second-order valence-electron chi connectivity index (χ2n) is 6.12. The van der Waals surface area contributed by atoms with Crippen LogP contribution >= 0.6 is 0 Å². The van der Waals surface area contributed by atoms with Crippen LogP contribution in [0, 0.1) is 6.92 Å². The Bertz CT molecular complexity index is 1020. The number of benzene rings is 3. The number of para-hydroxylation sites is 1. The van der Waals surface area contributed by atoms with Crippen molar-refractivity contribution in [3.8, 4) is 22.4 Å². The predicted molar refractivity (Wildman–Crippen MR) is 98.5 cm³/mol. The van der Waals surface area contributed by atoms with Crippen molar-refractivity contribution in [3.63, 3.8) is 0 Å². The molecule has 0 bridgehead atoms. The smallest absolute Gasteiger partial charge is 0.232 e. The van der Waals surface area contributed by atoms with Crippen molar-refractivity contribution in [2.24, 2.45) is 7.05 Å². The van der Waals surface area contributed by atoms with Gasteiger partial charge in [-0.2, -0.15) is 0 Å². The van der Waals surface area contributed by atoms with Crippen molar-refractivity contribution in [2.45, 2.75) is 6.92 Å². The lowest BCUT2D eigenvalue weighted by Gasteiger charge is -2.11. The Morgan fingerprint density at radius 3 is 2.33 bits per heavy atom. The zero-order valence-corrected chi connectivity index (χ0v) is 13.9. The van der Waals surface area contributed by atoms with Gasteiger partial charge in [0.05, 0.1) is 12.4 Å². The molecule has 1 heterocycles. The maximum absolute atomic E-state index is 4.52. The van der Waals surface area contributed by atoms with Crippen LogP contribution in [0.1, 0.15) is 5.56 Å². The molecule has 0 aliphatic heterocycles. The van der Waals surface area contributed by atoms with Gasteiger partial charge in [-0.1, -0.05) is 54.6 Å². The van der Waals surface area contributed by atoms with Gasteiger partial charge in [0.25, 0.3) is 6.33 Å². The van der Waals surface area contributed by atoms with Crippen molar-refractivity contribution in [2.75, 3.05) is 0 Å². The third kappa shape index (κ3) is 2.46. The summed E-state index contributed by atoms with van der Waals surface area (Å²) in [6.07, 6.45) is 1.89. The number of aromatic nitrogens is 2. The summed E-state index contributed by atoms with van der Waals surface area (Å²) < 4.78 is 2.10. The molecule has 0 radical (unpaired) electrons. The van der Waals surface area contributed by atoms with E-state index in [9.17, 15) is 0 Å². The van der Waals surface area contributed by atoms with Crippen LogP contribution in [0.5, 0.6) is 0 Å². The molecule has 0 saturated carbocycles. The number of fused-ring (bicyclic) bond motifs is 1. The van der Waals surface area contributed by atoms with Gasteiger partial charge in [-0.15, -0.1) is 0 Å². The molecule has 4 aromatic rings. The van der Waals surface area contributed by atoms with E-state index in [1.807, 2.05) is 18.5 Å². The van der Waals surface area contributed by atoms with Crippen LogP contribution in [0.2, 0.25) is 0 Å². The van der Waals surface area contributed by atoms with E-state index in [-0.39, 0.29) is 0 Å². The van der Waals surface area contributed by atoms with Gasteiger partial charge < -0.3 is 0 Å². The first-order valence-corrected chi connectivity index (χ1v) is 8.14. The maximum atomic E-state index is 4.52. The largest absolute Gasteiger partial charge is 0.287 e. The fraction of sp³-hybridized carbons (Fsp3) is 0.0909. The van der Waals surface area contributed by atoms with Gasteiger partial charge in [0.1, 0.15) is 5.69 Å². The topological polar surface area (TPSA) is 16.8 Å². The van der Waals surface area contributed by atoms with Gasteiger partial charge in [-0.25, -0.2) is 4.57 Å². The lowest BCUT2D eigenvalue weighted by molar-refractivity contribution is -0.662. The minimum absolute atomic E-state index is 1.03. The highest BCUT2D eigenvalue weighted by Crippen LogP contribution is 2.30. The molecule has 4 rings (SSSR count). The molecule has 0 N–H and O–H groups in total. The van der Waals surface area contributed by atoms with E-state index >= 15 is 0 Å². The molecule has 3 aromatic carbocycles. The molecule has 0 atom stereocenters. The summed E-state index contributed by atoms with van der Waals surface area (Å²) >= 11 is 0. The molecule has 0 saturated heterocycles. The summed E-state index contributed by atoms with van der Waals surface area (Å²) in [4.78, 5) is 4.52. The maximum Gasteiger partial charge on any atom is 0.287 e. The number of rotatable bonds is 2. The molecule has 0 amide bonds. The second-order valence-corrected chi connectivity index (χ2v) is 6.12. The summed E-state index contributed by atoms with van der Waals surface area (Å²) in [5, 5.41) is 1.18. The fourth-order valence-corrected chi connectivity index (χ4v) is 3.26. The summed E-state index contributed by atoms with van der Waals surface area (Å²) in [7, 11) is 2.05. The molecule has 1 aromatic heterocycles. The van der Waals surface area contributed by atoms with E-state index in [2.05, 4.69) is 84.2 Å². The lowest BCUT2D eigenvalue weighted by atomic mass is 9.96. The van der Waals surface area contributed by atoms with Gasteiger partial charge in [-0.05, 0) is 46.8 Å². The zero-order valence-electron chi connectivity index (χ0n) is 13.9. The van der Waals surface area contributed by atoms with E-state index in [1.165, 1.54) is 33.3 Å². The number of hydrogen-bond acceptors (Lipinski definition) is 1. The molecule has 0 fully saturated rings. The Morgan fingerprint density at radius 2 is 1.54 bits per heavy atom. The Labute approximate surface area is 142 Å². The summed E-state index contributed by atoms with van der Waals surface area (Å²) in [6, 6.07) is 25.5. The predicted octanol–water partition coefficient (Wildman–Crippen LogP) is 4.70. The molecule has 2 heteroatoms. The molecule has 2 nitrogen and oxygen atoms in total. The lowest BCUT2D eigenvalue weighted by Crippen LogP contribution is -2.31. The van der Waals surface area contributed by atoms with E-state index in [1.54, 1.807) is 0 Å². The zero-order chi connectivity index (χ0) is 16.5. The molecule has 0 spiro atoms. The van der Waals surface area contributed by atoms with Crippen molar-refractivity contribution in [1.29, 1.82) is 0 Å². The average molecular weight is 311 g/mol. The van der Waals surface area contributed by atoms with Gasteiger partial charge in [0, 0.05) is 5.56 Å². The first kappa shape index (κ1) is 14.6. The first-order valence-electron chi connectivity index (χ1n) is 8.14. The van der Waals surface area contributed by atoms with Gasteiger partial charge in [-0.3, -0.25) is 0 Å². The van der Waals surface area contributed by atoms with Gasteiger partial charge in [0.15, 0.2) is 5.52 Å². The van der Waals surface area contributed by atoms with Crippen LogP contribution in [0.4, 0.5) is 0 Å². The summed E-state index contributed by atoms with van der Waals surface area (Å²) in [5.74, 6) is 0. The molecule has 116 valence electrons. The van der Waals surface area contributed by atoms with Gasteiger partial charge >= 0.3 is 0 Å². The third-order valence-electron chi connectivity index (χ3n) is 4.47. The van der Waals surface area contributed by atoms with E-state index in [0.29, 0.717) is 0 Å². The van der Waals surface area contributed by atoms with E-state index in [0.717, 1.165) is 5.52 Å². The Kier molecular flexibility index (Phi) is 3.58. The number of nitrogens with zero attached hydrogens (tertiary/aromatic N) is 2. The molecular weight excluding hydrogens is 292 g/mol. The van der Waals surface area contributed by atoms with Crippen molar-refractivity contribution in [1.82, 2.24) is 4.98 Å². The first-order chi connectivity index (χ1) is 11.7. The molecule has 0 aliphatic carbocycles. The van der Waals surface area contributed by atoms with Crippen LogP contribution < -0.4 is 4.57 Å². The Hall–Kier alpha value is -3.00. The van der Waals surface area contributed by atoms with Crippen LogP contribution in [0.15, 0.2) is 79.1 Å². The fourth-order valence-electron chi connectivity index (χ4n) is 3.26. The summed E-state index contributed by atoms with van der Waals surface area (Å²) in [6.45, 7) is 2.18. The quantitative estimate of drug-likeness (QED) is 0.490. The minimum Gasteiger partial charge on any atom is -0.232 e. The molecular formula is C22H19N2+. The molecule has 0 unspecified atom stereocenters. The molecule has 24 heavy (non-hydrogen) atoms. The van der Waals surface area contributed by atoms with Crippen molar-refractivity contribution in [3.05, 3.63) is 84.7 Å². The van der Waals surface area contributed by atoms with Crippen molar-refractivity contribution >= 4 is 10.9 Å². The number of aryl methyl sites for hydroxylation is 2. The van der Waals surface area contributed by atoms with Crippen LogP contribution in [0.3, 0.4) is 0 Å². The third-order valence-corrected chi connectivity index (χ3v) is 4.47. The summed E-state index contributed by atoms with van der Waals surface area (Å²) in [5.41, 5.74) is 7.24. The Balaban J connectivity index is 1.91. The Morgan fingerprint density at radius 1 is 0.792 bits per heavy atom. The van der Waals surface area contributed by atoms with E-state index < -0.39 is 0 Å². The second kappa shape index (κ2) is 5.89. The average Bonchev–Trinajstić information content (AvgIpc) is 2.63. The van der Waals surface area contributed by atoms with Gasteiger partial charge in [0.2, 0.25) is 0 Å². The van der Waals surface area contributed by atoms with Crippen molar-refractivity contribution < 1.29 is 4.57 Å². The van der Waals surface area contributed by atoms with E-state index in [4.69, 9.17) is 0 Å². The monoisotopic (exact) mass is 311 g/mol. The highest BCUT2D eigenvalue weighted by Gasteiger charge is 2.16. The molecule has 0 aliphatic rings.